The summed E-state index contributed by atoms with van der Waals surface area (Å²) >= 11 is 14.0. The summed E-state index contributed by atoms with van der Waals surface area (Å²) < 4.78 is 6.82. The third-order valence-electron chi connectivity index (χ3n) is 5.00. The molecule has 8 nitrogen and oxygen atoms in total. The highest BCUT2D eigenvalue weighted by Gasteiger charge is 2.28. The standard InChI is InChI=1S/C22H18Cl2N6O2S/c23-14-3-5-18(17(24)12-14)30-21(19-6-4-15(33-19)2-1-7-25)16(13-26)20(27-30)22(31)28-29-8-10-32-11-9-29/h3-6,12H,1-2,8-11H2,(H,28,31). The third kappa shape index (κ3) is 5.03. The number of nitriles is 2. The number of benzene rings is 1. The molecule has 0 saturated carbocycles. The molecule has 0 spiro atoms. The summed E-state index contributed by atoms with van der Waals surface area (Å²) in [4.78, 5) is 14.8. The highest BCUT2D eigenvalue weighted by atomic mass is 35.5. The zero-order chi connectivity index (χ0) is 23.4. The van der Waals surface area contributed by atoms with Gasteiger partial charge in [0.05, 0.1) is 34.9 Å². The number of morpholine rings is 1. The SMILES string of the molecule is N#CCCc1ccc(-c2c(C#N)c(C(=O)NN3CCOCC3)nn2-c2ccc(Cl)cc2Cl)s1. The Hall–Kier alpha value is -2.92. The fourth-order valence-corrected chi connectivity index (χ4v) is 4.96. The summed E-state index contributed by atoms with van der Waals surface area (Å²) in [6.45, 7) is 2.09. The van der Waals surface area contributed by atoms with Crippen LogP contribution in [0.5, 0.6) is 0 Å². The lowest BCUT2D eigenvalue weighted by Gasteiger charge is -2.26. The van der Waals surface area contributed by atoms with E-state index >= 15 is 0 Å². The number of carbonyl (C=O) groups is 1. The second-order valence-electron chi connectivity index (χ2n) is 7.16. The highest BCUT2D eigenvalue weighted by Crippen LogP contribution is 2.36. The summed E-state index contributed by atoms with van der Waals surface area (Å²) in [6, 6.07) is 13.0. The van der Waals surface area contributed by atoms with Gasteiger partial charge in [0.25, 0.3) is 5.91 Å². The van der Waals surface area contributed by atoms with Crippen LogP contribution in [0.1, 0.15) is 27.3 Å². The van der Waals surface area contributed by atoms with Gasteiger partial charge in [-0.1, -0.05) is 23.2 Å². The topological polar surface area (TPSA) is 107 Å². The minimum absolute atomic E-state index is 0.00279. The van der Waals surface area contributed by atoms with Gasteiger partial charge in [-0.25, -0.2) is 9.69 Å². The van der Waals surface area contributed by atoms with Crippen LogP contribution in [0.4, 0.5) is 0 Å². The van der Waals surface area contributed by atoms with Crippen molar-refractivity contribution in [3.05, 3.63) is 56.5 Å². The Kier molecular flexibility index (Phi) is 7.29. The molecule has 11 heteroatoms. The first-order valence-electron chi connectivity index (χ1n) is 10.1. The number of hydrazine groups is 1. The molecular weight excluding hydrogens is 483 g/mol. The number of ether oxygens (including phenoxy) is 1. The van der Waals surface area contributed by atoms with Gasteiger partial charge in [0.2, 0.25) is 0 Å². The van der Waals surface area contributed by atoms with Crippen LogP contribution < -0.4 is 5.43 Å². The number of halogens is 2. The largest absolute Gasteiger partial charge is 0.379 e. The van der Waals surface area contributed by atoms with E-state index in [-0.39, 0.29) is 11.3 Å². The van der Waals surface area contributed by atoms with Crippen LogP contribution in [0.15, 0.2) is 30.3 Å². The normalized spacial score (nSPS) is 13.9. The van der Waals surface area contributed by atoms with Gasteiger partial charge >= 0.3 is 0 Å². The molecule has 1 fully saturated rings. The van der Waals surface area contributed by atoms with Crippen LogP contribution >= 0.6 is 34.5 Å². The van der Waals surface area contributed by atoms with Crippen molar-refractivity contribution in [3.8, 4) is 28.4 Å². The Bertz CT molecular complexity index is 1270. The smallest absolute Gasteiger partial charge is 0.287 e. The molecule has 0 bridgehead atoms. The van der Waals surface area contributed by atoms with Gasteiger partial charge in [0.1, 0.15) is 17.3 Å². The van der Waals surface area contributed by atoms with Crippen molar-refractivity contribution < 1.29 is 9.53 Å². The number of amides is 1. The second kappa shape index (κ2) is 10.3. The maximum atomic E-state index is 13.1. The van der Waals surface area contributed by atoms with Crippen molar-refractivity contribution in [1.29, 1.82) is 10.5 Å². The van der Waals surface area contributed by atoms with Gasteiger partial charge < -0.3 is 4.74 Å². The molecule has 3 aromatic rings. The number of carbonyl (C=O) groups excluding carboxylic acids is 1. The van der Waals surface area contributed by atoms with Gasteiger partial charge in [-0.2, -0.15) is 15.6 Å². The first-order valence-corrected chi connectivity index (χ1v) is 11.7. The number of nitrogens with zero attached hydrogens (tertiary/aromatic N) is 5. The molecule has 0 atom stereocenters. The third-order valence-corrected chi connectivity index (χ3v) is 6.69. The van der Waals surface area contributed by atoms with E-state index in [0.29, 0.717) is 60.6 Å². The molecule has 1 saturated heterocycles. The summed E-state index contributed by atoms with van der Waals surface area (Å²) in [6.07, 6.45) is 0.990. The van der Waals surface area contributed by atoms with E-state index in [2.05, 4.69) is 22.7 Å². The minimum Gasteiger partial charge on any atom is -0.379 e. The van der Waals surface area contributed by atoms with Crippen LogP contribution in [-0.4, -0.2) is 47.0 Å². The average molecular weight is 501 g/mol. The molecule has 1 N–H and O–H groups in total. The molecule has 0 aliphatic carbocycles. The lowest BCUT2D eigenvalue weighted by molar-refractivity contribution is 0.0124. The quantitative estimate of drug-likeness (QED) is 0.542. The van der Waals surface area contributed by atoms with Crippen LogP contribution in [0, 0.1) is 22.7 Å². The maximum absolute atomic E-state index is 13.1. The minimum atomic E-state index is -0.486. The maximum Gasteiger partial charge on any atom is 0.287 e. The first-order chi connectivity index (χ1) is 16.0. The Morgan fingerprint density at radius 1 is 1.21 bits per heavy atom. The Morgan fingerprint density at radius 3 is 2.70 bits per heavy atom. The zero-order valence-corrected chi connectivity index (χ0v) is 19.7. The van der Waals surface area contributed by atoms with Crippen LogP contribution in [0.2, 0.25) is 10.0 Å². The summed E-state index contributed by atoms with van der Waals surface area (Å²) in [5.41, 5.74) is 3.90. The molecule has 1 aliphatic rings. The number of hydrogen-bond acceptors (Lipinski definition) is 7. The van der Waals surface area contributed by atoms with Crippen molar-refractivity contribution in [2.75, 3.05) is 26.3 Å². The van der Waals surface area contributed by atoms with E-state index in [1.165, 1.54) is 16.0 Å². The van der Waals surface area contributed by atoms with E-state index < -0.39 is 5.91 Å². The van der Waals surface area contributed by atoms with Crippen molar-refractivity contribution in [2.24, 2.45) is 0 Å². The summed E-state index contributed by atoms with van der Waals surface area (Å²) in [5.74, 6) is -0.486. The predicted octanol–water partition coefficient (Wildman–Crippen LogP) is 4.21. The second-order valence-corrected chi connectivity index (χ2v) is 9.17. The summed E-state index contributed by atoms with van der Waals surface area (Å²) in [5, 5.41) is 26.0. The summed E-state index contributed by atoms with van der Waals surface area (Å²) in [7, 11) is 0. The van der Waals surface area contributed by atoms with Crippen molar-refractivity contribution >= 4 is 40.4 Å². The first kappa shape index (κ1) is 23.2. The number of aryl methyl sites for hydroxylation is 1. The van der Waals surface area contributed by atoms with Gasteiger partial charge in [-0.3, -0.25) is 10.2 Å². The molecule has 1 aliphatic heterocycles. The fraction of sp³-hybridized carbons (Fsp3) is 0.273. The monoisotopic (exact) mass is 500 g/mol. The van der Waals surface area contributed by atoms with Gasteiger partial charge in [-0.15, -0.1) is 11.3 Å². The van der Waals surface area contributed by atoms with Crippen LogP contribution in [0.3, 0.4) is 0 Å². The van der Waals surface area contributed by atoms with E-state index in [4.69, 9.17) is 33.2 Å². The molecule has 1 amide bonds. The number of thiophene rings is 1. The highest BCUT2D eigenvalue weighted by molar-refractivity contribution is 7.15. The molecule has 33 heavy (non-hydrogen) atoms. The van der Waals surface area contributed by atoms with Gasteiger partial charge in [-0.05, 0) is 36.8 Å². The van der Waals surface area contributed by atoms with E-state index in [1.54, 1.807) is 23.2 Å². The molecule has 3 heterocycles. The Morgan fingerprint density at radius 2 is 2.00 bits per heavy atom. The van der Waals surface area contributed by atoms with Crippen molar-refractivity contribution in [3.63, 3.8) is 0 Å². The number of hydrogen-bond donors (Lipinski definition) is 1. The molecule has 2 aromatic heterocycles. The Labute approximate surface area is 204 Å². The molecule has 4 rings (SSSR count). The number of aromatic nitrogens is 2. The molecule has 1 aromatic carbocycles. The lowest BCUT2D eigenvalue weighted by Crippen LogP contribution is -2.48. The predicted molar refractivity (Wildman–Crippen MR) is 125 cm³/mol. The zero-order valence-electron chi connectivity index (χ0n) is 17.3. The molecule has 168 valence electrons. The fourth-order valence-electron chi connectivity index (χ4n) is 3.43. The van der Waals surface area contributed by atoms with Crippen LogP contribution in [0.25, 0.3) is 16.3 Å². The number of nitrogens with one attached hydrogen (secondary N) is 1. The van der Waals surface area contributed by atoms with Gasteiger partial charge in [0.15, 0.2) is 5.69 Å². The number of rotatable bonds is 6. The lowest BCUT2D eigenvalue weighted by atomic mass is 10.1. The molecular formula is C22H18Cl2N6O2S. The van der Waals surface area contributed by atoms with E-state index in [0.717, 1.165) is 9.75 Å². The van der Waals surface area contributed by atoms with Crippen molar-refractivity contribution in [1.82, 2.24) is 20.2 Å². The van der Waals surface area contributed by atoms with Crippen molar-refractivity contribution in [2.45, 2.75) is 12.8 Å². The average Bonchev–Trinajstić information content (AvgIpc) is 3.42. The molecule has 0 radical (unpaired) electrons. The Balaban J connectivity index is 1.82. The molecule has 0 unspecified atom stereocenters. The van der Waals surface area contributed by atoms with Crippen LogP contribution in [-0.2, 0) is 11.2 Å². The van der Waals surface area contributed by atoms with Gasteiger partial charge in [0, 0.05) is 29.4 Å². The van der Waals surface area contributed by atoms with E-state index in [9.17, 15) is 10.1 Å². The van der Waals surface area contributed by atoms with E-state index in [1.807, 2.05) is 12.1 Å².